The average molecular weight is 223 g/mol. The van der Waals surface area contributed by atoms with E-state index in [-0.39, 0.29) is 0 Å². The molecular formula is C13H21NO2. The number of aryl methyl sites for hydroxylation is 1. The molecule has 1 rings (SSSR count). The lowest BCUT2D eigenvalue weighted by atomic mass is 10.0. The van der Waals surface area contributed by atoms with E-state index in [1.54, 1.807) is 0 Å². The molecule has 3 nitrogen and oxygen atoms in total. The zero-order valence-corrected chi connectivity index (χ0v) is 10.1. The summed E-state index contributed by atoms with van der Waals surface area (Å²) in [6.45, 7) is 0. The van der Waals surface area contributed by atoms with Crippen molar-refractivity contribution in [3.8, 4) is 0 Å². The highest BCUT2D eigenvalue weighted by molar-refractivity contribution is 5.52. The van der Waals surface area contributed by atoms with Crippen molar-refractivity contribution >= 4 is 5.69 Å². The zero-order valence-electron chi connectivity index (χ0n) is 10.1. The van der Waals surface area contributed by atoms with E-state index in [0.717, 1.165) is 19.3 Å². The zero-order chi connectivity index (χ0) is 12.0. The van der Waals surface area contributed by atoms with Crippen LogP contribution in [0.15, 0.2) is 24.3 Å². The molecule has 2 N–H and O–H groups in total. The molecule has 0 aliphatic rings. The molecule has 0 aromatic heterocycles. The van der Waals surface area contributed by atoms with Crippen LogP contribution >= 0.6 is 0 Å². The Labute approximate surface area is 97.3 Å². The predicted octanol–water partition coefficient (Wildman–Crippen LogP) is 1.78. The largest absolute Gasteiger partial charge is 0.377 e. The first-order valence-corrected chi connectivity index (χ1v) is 5.72. The van der Waals surface area contributed by atoms with Gasteiger partial charge in [0.1, 0.15) is 0 Å². The second-order valence-electron chi connectivity index (χ2n) is 4.25. The number of aliphatic hydroxyl groups is 2. The Morgan fingerprint density at radius 3 is 2.44 bits per heavy atom. The second-order valence-corrected chi connectivity index (χ2v) is 4.25. The third-order valence-electron chi connectivity index (χ3n) is 2.63. The molecule has 90 valence electrons. The summed E-state index contributed by atoms with van der Waals surface area (Å²) < 4.78 is 0. The van der Waals surface area contributed by atoms with Gasteiger partial charge in [-0.2, -0.15) is 0 Å². The van der Waals surface area contributed by atoms with Crippen LogP contribution in [0, 0.1) is 0 Å². The van der Waals surface area contributed by atoms with E-state index in [1.165, 1.54) is 11.3 Å². The minimum absolute atomic E-state index is 0.462. The van der Waals surface area contributed by atoms with Crippen LogP contribution < -0.4 is 4.90 Å². The molecule has 1 aromatic rings. The molecule has 1 aromatic carbocycles. The lowest BCUT2D eigenvalue weighted by Gasteiger charge is -2.17. The molecular weight excluding hydrogens is 202 g/mol. The van der Waals surface area contributed by atoms with Crippen molar-refractivity contribution < 1.29 is 10.2 Å². The normalized spacial score (nSPS) is 10.8. The summed E-state index contributed by atoms with van der Waals surface area (Å²) in [7, 11) is 4.08. The number of para-hydroxylation sites is 1. The van der Waals surface area contributed by atoms with Crippen LogP contribution in [-0.2, 0) is 6.42 Å². The van der Waals surface area contributed by atoms with Gasteiger partial charge in [0.25, 0.3) is 0 Å². The number of aliphatic hydroxyl groups excluding tert-OH is 1. The van der Waals surface area contributed by atoms with Gasteiger partial charge in [-0.1, -0.05) is 18.2 Å². The molecule has 0 atom stereocenters. The van der Waals surface area contributed by atoms with Crippen LogP contribution in [0.4, 0.5) is 5.69 Å². The molecule has 3 heteroatoms. The smallest absolute Gasteiger partial charge is 0.151 e. The Balaban J connectivity index is 2.47. The number of benzene rings is 1. The molecule has 0 unspecified atom stereocenters. The highest BCUT2D eigenvalue weighted by Gasteiger charge is 2.03. The second kappa shape index (κ2) is 6.51. The van der Waals surface area contributed by atoms with Crippen molar-refractivity contribution in [2.75, 3.05) is 19.0 Å². The lowest BCUT2D eigenvalue weighted by molar-refractivity contribution is -0.0465. The van der Waals surface area contributed by atoms with Gasteiger partial charge in [0.15, 0.2) is 6.29 Å². The van der Waals surface area contributed by atoms with Crippen molar-refractivity contribution in [3.63, 3.8) is 0 Å². The number of nitrogens with zero attached hydrogens (tertiary/aromatic N) is 1. The standard InChI is InChI=1S/C13H21NO2/c1-14(2)12-9-5-3-7-11(12)8-4-6-10-13(15)16/h3,5,7,9,13,15-16H,4,6,8,10H2,1-2H3. The van der Waals surface area contributed by atoms with Gasteiger partial charge in [0.2, 0.25) is 0 Å². The minimum atomic E-state index is -1.16. The monoisotopic (exact) mass is 223 g/mol. The third kappa shape index (κ3) is 4.21. The fraction of sp³-hybridized carbons (Fsp3) is 0.538. The van der Waals surface area contributed by atoms with Gasteiger partial charge < -0.3 is 15.1 Å². The number of anilines is 1. The van der Waals surface area contributed by atoms with Gasteiger partial charge >= 0.3 is 0 Å². The number of rotatable bonds is 6. The van der Waals surface area contributed by atoms with Crippen LogP contribution in [-0.4, -0.2) is 30.6 Å². The maximum absolute atomic E-state index is 8.74. The predicted molar refractivity (Wildman–Crippen MR) is 66.5 cm³/mol. The molecule has 0 spiro atoms. The van der Waals surface area contributed by atoms with Gasteiger partial charge in [-0.3, -0.25) is 0 Å². The van der Waals surface area contributed by atoms with Gasteiger partial charge in [0, 0.05) is 19.8 Å². The number of hydrogen-bond donors (Lipinski definition) is 2. The SMILES string of the molecule is CN(C)c1ccccc1CCCCC(O)O. The molecule has 0 fully saturated rings. The van der Waals surface area contributed by atoms with E-state index in [4.69, 9.17) is 10.2 Å². The van der Waals surface area contributed by atoms with Crippen LogP contribution in [0.1, 0.15) is 24.8 Å². The molecule has 0 aliphatic carbocycles. The first-order valence-electron chi connectivity index (χ1n) is 5.72. The van der Waals surface area contributed by atoms with Gasteiger partial charge in [0.05, 0.1) is 0 Å². The van der Waals surface area contributed by atoms with E-state index in [9.17, 15) is 0 Å². The molecule has 0 bridgehead atoms. The fourth-order valence-corrected chi connectivity index (χ4v) is 1.80. The Bertz CT molecular complexity index is 311. The van der Waals surface area contributed by atoms with E-state index in [2.05, 4.69) is 17.0 Å². The van der Waals surface area contributed by atoms with Gasteiger partial charge in [-0.25, -0.2) is 0 Å². The first-order chi connectivity index (χ1) is 7.61. The van der Waals surface area contributed by atoms with Crippen LogP contribution in [0.3, 0.4) is 0 Å². The average Bonchev–Trinajstić information content (AvgIpc) is 2.24. The summed E-state index contributed by atoms with van der Waals surface area (Å²) in [5.41, 5.74) is 2.56. The van der Waals surface area contributed by atoms with Crippen LogP contribution in [0.5, 0.6) is 0 Å². The molecule has 16 heavy (non-hydrogen) atoms. The van der Waals surface area contributed by atoms with Crippen molar-refractivity contribution in [2.45, 2.75) is 32.0 Å². The molecule has 0 saturated carbocycles. The summed E-state index contributed by atoms with van der Waals surface area (Å²) in [5, 5.41) is 17.5. The summed E-state index contributed by atoms with van der Waals surface area (Å²) in [5.74, 6) is 0. The van der Waals surface area contributed by atoms with E-state index in [0.29, 0.717) is 6.42 Å². The Kier molecular flexibility index (Phi) is 5.29. The molecule has 0 aliphatic heterocycles. The quantitative estimate of drug-likeness (QED) is 0.570. The Morgan fingerprint density at radius 2 is 1.81 bits per heavy atom. The molecule has 0 radical (unpaired) electrons. The summed E-state index contributed by atoms with van der Waals surface area (Å²) in [6, 6.07) is 8.32. The van der Waals surface area contributed by atoms with E-state index in [1.807, 2.05) is 26.2 Å². The highest BCUT2D eigenvalue weighted by Crippen LogP contribution is 2.20. The highest BCUT2D eigenvalue weighted by atomic mass is 16.5. The van der Waals surface area contributed by atoms with E-state index >= 15 is 0 Å². The van der Waals surface area contributed by atoms with Crippen LogP contribution in [0.25, 0.3) is 0 Å². The molecule has 0 amide bonds. The maximum atomic E-state index is 8.74. The van der Waals surface area contributed by atoms with Gasteiger partial charge in [-0.15, -0.1) is 0 Å². The van der Waals surface area contributed by atoms with Gasteiger partial charge in [-0.05, 0) is 37.3 Å². The molecule has 0 saturated heterocycles. The van der Waals surface area contributed by atoms with Crippen molar-refractivity contribution in [3.05, 3.63) is 29.8 Å². The first kappa shape index (κ1) is 13.0. The summed E-state index contributed by atoms with van der Waals surface area (Å²) >= 11 is 0. The Morgan fingerprint density at radius 1 is 1.12 bits per heavy atom. The maximum Gasteiger partial charge on any atom is 0.151 e. The van der Waals surface area contributed by atoms with E-state index < -0.39 is 6.29 Å². The van der Waals surface area contributed by atoms with Crippen molar-refractivity contribution in [1.29, 1.82) is 0 Å². The van der Waals surface area contributed by atoms with Crippen molar-refractivity contribution in [2.24, 2.45) is 0 Å². The lowest BCUT2D eigenvalue weighted by Crippen LogP contribution is -2.11. The molecule has 0 heterocycles. The number of unbranched alkanes of at least 4 members (excludes halogenated alkanes) is 1. The third-order valence-corrected chi connectivity index (χ3v) is 2.63. The van der Waals surface area contributed by atoms with Crippen LogP contribution in [0.2, 0.25) is 0 Å². The summed E-state index contributed by atoms with van der Waals surface area (Å²) in [6.07, 6.45) is 2.12. The summed E-state index contributed by atoms with van der Waals surface area (Å²) in [4.78, 5) is 2.11. The number of hydrogen-bond acceptors (Lipinski definition) is 3. The Hall–Kier alpha value is -1.06. The van der Waals surface area contributed by atoms with Crippen molar-refractivity contribution in [1.82, 2.24) is 0 Å². The topological polar surface area (TPSA) is 43.7 Å². The fourth-order valence-electron chi connectivity index (χ4n) is 1.80. The minimum Gasteiger partial charge on any atom is -0.377 e.